The third-order valence-corrected chi connectivity index (χ3v) is 9.80. The quantitative estimate of drug-likeness (QED) is 0.160. The molecule has 4 aromatic rings. The van der Waals surface area contributed by atoms with Gasteiger partial charge in [-0.1, -0.05) is 29.5 Å². The van der Waals surface area contributed by atoms with Gasteiger partial charge in [0.25, 0.3) is 5.56 Å². The Bertz CT molecular complexity index is 2180. The van der Waals surface area contributed by atoms with Crippen LogP contribution in [0.2, 0.25) is 0 Å². The number of nitriles is 1. The highest BCUT2D eigenvalue weighted by Crippen LogP contribution is 2.35. The van der Waals surface area contributed by atoms with Crippen LogP contribution in [0.5, 0.6) is 5.75 Å². The molecule has 1 aliphatic heterocycles. The monoisotopic (exact) mass is 707 g/mol. The van der Waals surface area contributed by atoms with Gasteiger partial charge in [-0.05, 0) is 73.9 Å². The Labute approximate surface area is 288 Å². The number of halogens is 3. The van der Waals surface area contributed by atoms with Crippen LogP contribution >= 0.6 is 23.1 Å². The number of methoxy groups -OCH3 is 1. The van der Waals surface area contributed by atoms with E-state index in [0.29, 0.717) is 31.9 Å². The number of aromatic nitrogens is 2. The van der Waals surface area contributed by atoms with Crippen LogP contribution in [-0.4, -0.2) is 43.3 Å². The molecule has 2 aromatic heterocycles. The molecule has 254 valence electrons. The summed E-state index contributed by atoms with van der Waals surface area (Å²) in [5.41, 5.74) is 2.46. The predicted octanol–water partition coefficient (Wildman–Crippen LogP) is 5.76. The summed E-state index contributed by atoms with van der Waals surface area (Å²) in [5, 5.41) is 9.59. The van der Waals surface area contributed by atoms with Crippen molar-refractivity contribution in [2.24, 2.45) is 4.99 Å². The van der Waals surface area contributed by atoms with Crippen molar-refractivity contribution in [3.05, 3.63) is 113 Å². The predicted molar refractivity (Wildman–Crippen MR) is 182 cm³/mol. The second-order valence-electron chi connectivity index (χ2n) is 11.3. The lowest BCUT2D eigenvalue weighted by Gasteiger charge is -2.25. The van der Waals surface area contributed by atoms with Crippen molar-refractivity contribution in [3.63, 3.8) is 0 Å². The first-order valence-electron chi connectivity index (χ1n) is 15.0. The number of alkyl halides is 3. The molecule has 0 spiro atoms. The van der Waals surface area contributed by atoms with Crippen molar-refractivity contribution in [3.8, 4) is 11.8 Å². The van der Waals surface area contributed by atoms with Crippen LogP contribution < -0.4 is 24.5 Å². The number of allylic oxidation sites excluding steroid dienone is 1. The van der Waals surface area contributed by atoms with E-state index in [-0.39, 0.29) is 39.6 Å². The number of thiazole rings is 1. The van der Waals surface area contributed by atoms with Gasteiger partial charge in [0.1, 0.15) is 22.5 Å². The summed E-state index contributed by atoms with van der Waals surface area (Å²) in [5.74, 6) is 0.0609. The summed E-state index contributed by atoms with van der Waals surface area (Å²) in [4.78, 5) is 38.0. The molecule has 3 heterocycles. The minimum atomic E-state index is -4.67. The highest BCUT2D eigenvalue weighted by Gasteiger charge is 2.35. The molecule has 0 saturated heterocycles. The smallest absolute Gasteiger partial charge is 0.433 e. The van der Waals surface area contributed by atoms with Gasteiger partial charge in [0, 0.05) is 31.1 Å². The van der Waals surface area contributed by atoms with Crippen molar-refractivity contribution in [2.45, 2.75) is 43.8 Å². The molecule has 2 aromatic carbocycles. The molecule has 0 N–H and O–H groups in total. The molecule has 1 atom stereocenters. The second-order valence-corrected chi connectivity index (χ2v) is 13.2. The molecular weight excluding hydrogens is 676 g/mol. The fraction of sp³-hybridized carbons (Fsp3) is 0.286. The van der Waals surface area contributed by atoms with E-state index in [1.807, 2.05) is 49.3 Å². The van der Waals surface area contributed by atoms with Crippen LogP contribution in [0.3, 0.4) is 0 Å². The van der Waals surface area contributed by atoms with E-state index in [2.05, 4.69) is 9.98 Å². The van der Waals surface area contributed by atoms with Gasteiger partial charge in [0.05, 0.1) is 41.1 Å². The van der Waals surface area contributed by atoms with Crippen molar-refractivity contribution in [1.82, 2.24) is 9.55 Å². The van der Waals surface area contributed by atoms with E-state index in [9.17, 15) is 28.0 Å². The zero-order valence-corrected chi connectivity index (χ0v) is 29.1. The number of anilines is 1. The van der Waals surface area contributed by atoms with Crippen LogP contribution in [0.4, 0.5) is 18.9 Å². The fourth-order valence-electron chi connectivity index (χ4n) is 5.39. The van der Waals surface area contributed by atoms with E-state index in [0.717, 1.165) is 29.1 Å². The minimum Gasteiger partial charge on any atom is -0.496 e. The van der Waals surface area contributed by atoms with Gasteiger partial charge in [-0.15, -0.1) is 11.8 Å². The standard InChI is InChI=1S/C35H32F3N5O4S2/c1-7-47-33(45)29-20(3)40-34-43(30(29)22-9-11-24(12-10-22)42(4)5)32(44)27(49-34)16-21-8-13-26(46-6)23(15-21)18-48-31-25(17-39)19(2)14-28(41-31)35(36,37)38/h8-16,30H,7,18H2,1-6H3/t30-/m0/s1. The molecule has 0 unspecified atom stereocenters. The number of ether oxygens (including phenoxy) is 2. The third kappa shape index (κ3) is 7.28. The van der Waals surface area contributed by atoms with E-state index < -0.39 is 23.9 Å². The number of fused-ring (bicyclic) bond motifs is 1. The van der Waals surface area contributed by atoms with Gasteiger partial charge in [-0.3, -0.25) is 9.36 Å². The first-order valence-corrected chi connectivity index (χ1v) is 16.8. The largest absolute Gasteiger partial charge is 0.496 e. The third-order valence-electron chi connectivity index (χ3n) is 7.79. The molecule has 14 heteroatoms. The Kier molecular flexibility index (Phi) is 10.4. The van der Waals surface area contributed by atoms with Crippen molar-refractivity contribution >= 4 is 40.8 Å². The summed E-state index contributed by atoms with van der Waals surface area (Å²) < 4.78 is 53.2. The van der Waals surface area contributed by atoms with Crippen LogP contribution in [0.15, 0.2) is 74.6 Å². The number of carbonyl (C=O) groups excluding carboxylic acids is 1. The Morgan fingerprint density at radius 1 is 1.16 bits per heavy atom. The summed E-state index contributed by atoms with van der Waals surface area (Å²) in [6, 6.07) is 14.9. The normalized spacial score (nSPS) is 14.6. The molecule has 0 radical (unpaired) electrons. The Balaban J connectivity index is 1.57. The van der Waals surface area contributed by atoms with Crippen LogP contribution in [0, 0.1) is 18.3 Å². The molecule has 0 saturated carbocycles. The zero-order chi connectivity index (χ0) is 35.6. The Hall–Kier alpha value is -4.87. The molecule has 9 nitrogen and oxygen atoms in total. The lowest BCUT2D eigenvalue weighted by molar-refractivity contribution is -0.141. The lowest BCUT2D eigenvalue weighted by atomic mass is 9.95. The van der Waals surface area contributed by atoms with Gasteiger partial charge < -0.3 is 14.4 Å². The number of benzene rings is 2. The molecule has 49 heavy (non-hydrogen) atoms. The van der Waals surface area contributed by atoms with E-state index >= 15 is 0 Å². The fourth-order valence-corrected chi connectivity index (χ4v) is 7.47. The van der Waals surface area contributed by atoms with Crippen LogP contribution in [-0.2, 0) is 21.5 Å². The minimum absolute atomic E-state index is 0.0398. The number of carbonyl (C=O) groups is 1. The summed E-state index contributed by atoms with van der Waals surface area (Å²) in [7, 11) is 5.31. The Morgan fingerprint density at radius 3 is 2.49 bits per heavy atom. The SMILES string of the molecule is CCOC(=O)C1=C(C)N=c2sc(=Cc3ccc(OC)c(CSc4nc(C(F)(F)F)cc(C)c4C#N)c3)c(=O)n2[C@H]1c1ccc(N(C)C)cc1. The number of rotatable bonds is 9. The average Bonchev–Trinajstić information content (AvgIpc) is 3.36. The second kappa shape index (κ2) is 14.3. The van der Waals surface area contributed by atoms with E-state index in [1.54, 1.807) is 38.1 Å². The highest BCUT2D eigenvalue weighted by molar-refractivity contribution is 7.98. The van der Waals surface area contributed by atoms with Gasteiger partial charge >= 0.3 is 12.1 Å². The zero-order valence-electron chi connectivity index (χ0n) is 27.5. The molecular formula is C35H32F3N5O4S2. The van der Waals surface area contributed by atoms with Gasteiger partial charge in [0.2, 0.25) is 0 Å². The van der Waals surface area contributed by atoms with Crippen LogP contribution in [0.25, 0.3) is 6.08 Å². The number of thioether (sulfide) groups is 1. The van der Waals surface area contributed by atoms with E-state index in [4.69, 9.17) is 9.47 Å². The summed E-state index contributed by atoms with van der Waals surface area (Å²) in [6.45, 7) is 5.03. The number of aryl methyl sites for hydroxylation is 1. The molecule has 0 aliphatic carbocycles. The van der Waals surface area contributed by atoms with Gasteiger partial charge in [-0.2, -0.15) is 18.4 Å². The van der Waals surface area contributed by atoms with E-state index in [1.165, 1.54) is 29.9 Å². The first kappa shape index (κ1) is 35.4. The molecule has 5 rings (SSSR count). The number of pyridine rings is 1. The molecule has 0 bridgehead atoms. The first-order chi connectivity index (χ1) is 23.3. The maximum Gasteiger partial charge on any atom is 0.433 e. The summed E-state index contributed by atoms with van der Waals surface area (Å²) >= 11 is 2.16. The number of esters is 1. The van der Waals surface area contributed by atoms with Crippen molar-refractivity contribution in [1.29, 1.82) is 5.26 Å². The molecule has 1 aliphatic rings. The number of hydrogen-bond donors (Lipinski definition) is 0. The maximum atomic E-state index is 14.1. The van der Waals surface area contributed by atoms with Crippen molar-refractivity contribution in [2.75, 3.05) is 32.7 Å². The molecule has 0 fully saturated rings. The topological polar surface area (TPSA) is 110 Å². The number of nitrogens with zero attached hydrogens (tertiary/aromatic N) is 5. The maximum absolute atomic E-state index is 14.1. The molecule has 0 amide bonds. The van der Waals surface area contributed by atoms with Gasteiger partial charge in [-0.25, -0.2) is 14.8 Å². The lowest BCUT2D eigenvalue weighted by Crippen LogP contribution is -2.39. The van der Waals surface area contributed by atoms with Gasteiger partial charge in [0.15, 0.2) is 4.80 Å². The van der Waals surface area contributed by atoms with Crippen molar-refractivity contribution < 1.29 is 27.4 Å². The average molecular weight is 708 g/mol. The highest BCUT2D eigenvalue weighted by atomic mass is 32.2. The summed E-state index contributed by atoms with van der Waals surface area (Å²) in [6.07, 6.45) is -2.97. The Morgan fingerprint density at radius 2 is 1.88 bits per heavy atom. The number of hydrogen-bond acceptors (Lipinski definition) is 10. The van der Waals surface area contributed by atoms with Crippen LogP contribution in [0.1, 0.15) is 53.4 Å².